The van der Waals surface area contributed by atoms with Crippen molar-refractivity contribution in [2.75, 3.05) is 11.9 Å². The van der Waals surface area contributed by atoms with E-state index in [1.54, 1.807) is 0 Å². The van der Waals surface area contributed by atoms with Crippen molar-refractivity contribution in [3.8, 4) is 0 Å². The maximum Gasteiger partial charge on any atom is 0.132 e. The van der Waals surface area contributed by atoms with Crippen LogP contribution in [-0.2, 0) is 6.42 Å². The zero-order chi connectivity index (χ0) is 13.8. The van der Waals surface area contributed by atoms with Gasteiger partial charge in [-0.2, -0.15) is 0 Å². The van der Waals surface area contributed by atoms with Gasteiger partial charge in [-0.3, -0.25) is 0 Å². The second kappa shape index (κ2) is 5.85. The molecular weight excluding hydrogens is 234 g/mol. The van der Waals surface area contributed by atoms with Gasteiger partial charge in [0.15, 0.2) is 0 Å². The van der Waals surface area contributed by atoms with Crippen LogP contribution in [0.3, 0.4) is 0 Å². The van der Waals surface area contributed by atoms with Crippen LogP contribution in [0.4, 0.5) is 11.5 Å². The van der Waals surface area contributed by atoms with Gasteiger partial charge in [-0.15, -0.1) is 0 Å². The van der Waals surface area contributed by atoms with Crippen LogP contribution in [0, 0.1) is 0 Å². The van der Waals surface area contributed by atoms with E-state index in [-0.39, 0.29) is 6.04 Å². The average molecular weight is 255 g/mol. The Bertz CT molecular complexity index is 532. The third-order valence-electron chi connectivity index (χ3n) is 3.37. The van der Waals surface area contributed by atoms with Crippen LogP contribution in [-0.4, -0.2) is 12.0 Å². The first-order valence-corrected chi connectivity index (χ1v) is 6.66. The van der Waals surface area contributed by atoms with E-state index < -0.39 is 0 Å². The Labute approximate surface area is 115 Å². The number of benzene rings is 1. The summed E-state index contributed by atoms with van der Waals surface area (Å²) in [5.74, 6) is 0.916. The normalized spacial score (nSPS) is 12.2. The third-order valence-corrected chi connectivity index (χ3v) is 3.37. The molecule has 0 fully saturated rings. The number of aromatic nitrogens is 1. The van der Waals surface area contributed by atoms with Crippen LogP contribution in [0.25, 0.3) is 0 Å². The summed E-state index contributed by atoms with van der Waals surface area (Å²) in [6, 6.07) is 12.6. The first-order chi connectivity index (χ1) is 9.11. The molecule has 1 heterocycles. The average Bonchev–Trinajstić information content (AvgIpc) is 2.46. The molecule has 1 aromatic heterocycles. The van der Waals surface area contributed by atoms with Crippen molar-refractivity contribution in [1.29, 1.82) is 0 Å². The molecule has 0 radical (unpaired) electrons. The summed E-state index contributed by atoms with van der Waals surface area (Å²) in [7, 11) is 2.02. The molecule has 2 aromatic rings. The molecule has 0 bridgehead atoms. The van der Waals surface area contributed by atoms with Crippen molar-refractivity contribution >= 4 is 11.5 Å². The molecule has 3 nitrogen and oxygen atoms in total. The maximum atomic E-state index is 5.91. The van der Waals surface area contributed by atoms with E-state index >= 15 is 0 Å². The quantitative estimate of drug-likeness (QED) is 0.910. The Kier molecular flexibility index (Phi) is 4.17. The molecule has 0 saturated carbocycles. The number of nitrogens with zero attached hydrogens (tertiary/aromatic N) is 2. The molecular formula is C16H21N3. The summed E-state index contributed by atoms with van der Waals surface area (Å²) in [6.07, 6.45) is 2.87. The Morgan fingerprint density at radius 2 is 1.89 bits per heavy atom. The molecule has 0 amide bonds. The van der Waals surface area contributed by atoms with Gasteiger partial charge < -0.3 is 10.6 Å². The van der Waals surface area contributed by atoms with Crippen molar-refractivity contribution in [2.24, 2.45) is 5.73 Å². The smallest absolute Gasteiger partial charge is 0.132 e. The van der Waals surface area contributed by atoms with E-state index in [2.05, 4.69) is 41.1 Å². The van der Waals surface area contributed by atoms with Gasteiger partial charge in [0.1, 0.15) is 5.82 Å². The van der Waals surface area contributed by atoms with Gasteiger partial charge in [0, 0.05) is 25.0 Å². The van der Waals surface area contributed by atoms with Crippen molar-refractivity contribution in [2.45, 2.75) is 26.3 Å². The summed E-state index contributed by atoms with van der Waals surface area (Å²) in [6.45, 7) is 4.14. The van der Waals surface area contributed by atoms with Crippen molar-refractivity contribution in [3.05, 3.63) is 53.7 Å². The summed E-state index contributed by atoms with van der Waals surface area (Å²) < 4.78 is 0. The first-order valence-electron chi connectivity index (χ1n) is 6.66. The van der Waals surface area contributed by atoms with Crippen LogP contribution < -0.4 is 10.6 Å². The SMILES string of the molecule is CCc1ccc(N(C)c2cc([C@@H](C)N)ccn2)cc1. The van der Waals surface area contributed by atoms with E-state index in [1.807, 2.05) is 32.3 Å². The fourth-order valence-electron chi connectivity index (χ4n) is 1.99. The monoisotopic (exact) mass is 255 g/mol. The lowest BCUT2D eigenvalue weighted by Gasteiger charge is -2.19. The number of anilines is 2. The van der Waals surface area contributed by atoms with Crippen LogP contribution in [0.15, 0.2) is 42.6 Å². The molecule has 1 aromatic carbocycles. The summed E-state index contributed by atoms with van der Waals surface area (Å²) in [4.78, 5) is 6.49. The Morgan fingerprint density at radius 3 is 2.47 bits per heavy atom. The third kappa shape index (κ3) is 3.12. The number of rotatable bonds is 4. The van der Waals surface area contributed by atoms with Gasteiger partial charge in [0.2, 0.25) is 0 Å². The molecule has 0 aliphatic carbocycles. The summed E-state index contributed by atoms with van der Waals surface area (Å²) in [5.41, 5.74) is 9.49. The lowest BCUT2D eigenvalue weighted by molar-refractivity contribution is 0.814. The molecule has 0 aliphatic rings. The lowest BCUT2D eigenvalue weighted by Crippen LogP contribution is -2.13. The van der Waals surface area contributed by atoms with Gasteiger partial charge in [-0.05, 0) is 48.7 Å². The topological polar surface area (TPSA) is 42.1 Å². The molecule has 0 unspecified atom stereocenters. The van der Waals surface area contributed by atoms with Gasteiger partial charge in [-0.25, -0.2) is 4.98 Å². The highest BCUT2D eigenvalue weighted by molar-refractivity contribution is 5.59. The van der Waals surface area contributed by atoms with Gasteiger partial charge in [-0.1, -0.05) is 19.1 Å². The molecule has 19 heavy (non-hydrogen) atoms. The van der Waals surface area contributed by atoms with E-state index in [1.165, 1.54) is 5.56 Å². The highest BCUT2D eigenvalue weighted by Crippen LogP contribution is 2.24. The highest BCUT2D eigenvalue weighted by Gasteiger charge is 2.07. The van der Waals surface area contributed by atoms with E-state index in [9.17, 15) is 0 Å². The second-order valence-corrected chi connectivity index (χ2v) is 4.82. The molecule has 2 rings (SSSR count). The first kappa shape index (κ1) is 13.6. The maximum absolute atomic E-state index is 5.91. The molecule has 0 spiro atoms. The van der Waals surface area contributed by atoms with E-state index in [0.29, 0.717) is 0 Å². The van der Waals surface area contributed by atoms with Crippen molar-refractivity contribution in [1.82, 2.24) is 4.98 Å². The number of aryl methyl sites for hydroxylation is 1. The summed E-state index contributed by atoms with van der Waals surface area (Å²) >= 11 is 0. The largest absolute Gasteiger partial charge is 0.329 e. The number of pyridine rings is 1. The van der Waals surface area contributed by atoms with Crippen molar-refractivity contribution < 1.29 is 0 Å². The van der Waals surface area contributed by atoms with Crippen molar-refractivity contribution in [3.63, 3.8) is 0 Å². The van der Waals surface area contributed by atoms with Crippen LogP contribution >= 0.6 is 0 Å². The molecule has 3 heteroatoms. The second-order valence-electron chi connectivity index (χ2n) is 4.82. The van der Waals surface area contributed by atoms with Gasteiger partial charge in [0.25, 0.3) is 0 Å². The Balaban J connectivity index is 2.27. The van der Waals surface area contributed by atoms with Crippen LogP contribution in [0.5, 0.6) is 0 Å². The zero-order valence-corrected chi connectivity index (χ0v) is 11.8. The standard InChI is InChI=1S/C16H21N3/c1-4-13-5-7-15(8-6-13)19(3)16-11-14(12(2)17)9-10-18-16/h5-12H,4,17H2,1-3H3/t12-/m1/s1. The highest BCUT2D eigenvalue weighted by atomic mass is 15.2. The van der Waals surface area contributed by atoms with Crippen LogP contribution in [0.1, 0.15) is 31.0 Å². The molecule has 1 atom stereocenters. The van der Waals surface area contributed by atoms with Gasteiger partial charge >= 0.3 is 0 Å². The molecule has 100 valence electrons. The minimum atomic E-state index is 0.0256. The number of hydrogen-bond donors (Lipinski definition) is 1. The van der Waals surface area contributed by atoms with E-state index in [0.717, 1.165) is 23.5 Å². The Hall–Kier alpha value is -1.87. The number of hydrogen-bond acceptors (Lipinski definition) is 3. The predicted molar refractivity (Wildman–Crippen MR) is 80.7 cm³/mol. The summed E-state index contributed by atoms with van der Waals surface area (Å²) in [5, 5.41) is 0. The number of nitrogens with two attached hydrogens (primary N) is 1. The molecule has 0 saturated heterocycles. The van der Waals surface area contributed by atoms with Crippen LogP contribution in [0.2, 0.25) is 0 Å². The minimum absolute atomic E-state index is 0.0256. The molecule has 0 aliphatic heterocycles. The zero-order valence-electron chi connectivity index (χ0n) is 11.8. The molecule has 2 N–H and O–H groups in total. The Morgan fingerprint density at radius 1 is 1.21 bits per heavy atom. The fourth-order valence-corrected chi connectivity index (χ4v) is 1.99. The minimum Gasteiger partial charge on any atom is -0.329 e. The lowest BCUT2D eigenvalue weighted by atomic mass is 10.1. The van der Waals surface area contributed by atoms with Gasteiger partial charge in [0.05, 0.1) is 0 Å². The predicted octanol–water partition coefficient (Wildman–Crippen LogP) is 3.43. The fraction of sp³-hybridized carbons (Fsp3) is 0.312. The van der Waals surface area contributed by atoms with E-state index in [4.69, 9.17) is 5.73 Å².